The molecule has 1 aromatic rings. The van der Waals surface area contributed by atoms with Crippen LogP contribution < -0.4 is 4.72 Å². The summed E-state index contributed by atoms with van der Waals surface area (Å²) in [5.41, 5.74) is 0.576. The van der Waals surface area contributed by atoms with Crippen LogP contribution in [0.1, 0.15) is 16.1 Å². The number of aromatic nitrogens is 1. The number of fused-ring (bicyclic) bond motifs is 1. The van der Waals surface area contributed by atoms with E-state index in [0.717, 1.165) is 0 Å². The molecule has 0 bridgehead atoms. The fourth-order valence-electron chi connectivity index (χ4n) is 1.61. The normalized spacial score (nSPS) is 16.4. The number of hydrogen-bond donors (Lipinski definition) is 1. The van der Waals surface area contributed by atoms with Gasteiger partial charge in [0.05, 0.1) is 7.11 Å². The molecule has 0 amide bonds. The zero-order valence-corrected chi connectivity index (χ0v) is 9.54. The number of aryl methyl sites for hydroxylation is 1. The molecular formula is C9H10N2O4S. The van der Waals surface area contributed by atoms with E-state index >= 15 is 0 Å². The predicted molar refractivity (Wildman–Crippen MR) is 56.1 cm³/mol. The Kier molecular flexibility index (Phi) is 2.27. The highest BCUT2D eigenvalue weighted by Gasteiger charge is 2.28. The minimum absolute atomic E-state index is 0.0814. The quantitative estimate of drug-likeness (QED) is 0.707. The molecule has 86 valence electrons. The third kappa shape index (κ3) is 1.40. The smallest absolute Gasteiger partial charge is 0.355 e. The van der Waals surface area contributed by atoms with Gasteiger partial charge in [-0.2, -0.15) is 0 Å². The van der Waals surface area contributed by atoms with Gasteiger partial charge < -0.3 is 9.30 Å². The van der Waals surface area contributed by atoms with Gasteiger partial charge in [0, 0.05) is 25.0 Å². The van der Waals surface area contributed by atoms with Crippen molar-refractivity contribution in [1.82, 2.24) is 9.29 Å². The molecule has 0 unspecified atom stereocenters. The van der Waals surface area contributed by atoms with Gasteiger partial charge in [-0.25, -0.2) is 13.2 Å². The van der Waals surface area contributed by atoms with E-state index in [-0.39, 0.29) is 10.6 Å². The first-order valence-corrected chi connectivity index (χ1v) is 5.92. The largest absolute Gasteiger partial charge is 0.464 e. The van der Waals surface area contributed by atoms with E-state index in [1.54, 1.807) is 7.05 Å². The zero-order chi connectivity index (χ0) is 11.9. The summed E-state index contributed by atoms with van der Waals surface area (Å²) in [6, 6.07) is 0. The number of nitrogens with one attached hydrogen (secondary N) is 1. The van der Waals surface area contributed by atoms with Crippen molar-refractivity contribution in [1.29, 1.82) is 0 Å². The average Bonchev–Trinajstić information content (AvgIpc) is 2.55. The third-order valence-electron chi connectivity index (χ3n) is 2.33. The Morgan fingerprint density at radius 1 is 1.50 bits per heavy atom. The van der Waals surface area contributed by atoms with Crippen LogP contribution in [0.25, 0.3) is 6.08 Å². The van der Waals surface area contributed by atoms with Crippen molar-refractivity contribution in [3.8, 4) is 0 Å². The summed E-state index contributed by atoms with van der Waals surface area (Å²) in [4.78, 5) is 11.6. The van der Waals surface area contributed by atoms with Crippen LogP contribution in [-0.2, 0) is 21.8 Å². The van der Waals surface area contributed by atoms with Crippen LogP contribution in [0.2, 0.25) is 0 Å². The molecule has 0 radical (unpaired) electrons. The third-order valence-corrected chi connectivity index (χ3v) is 3.68. The maximum absolute atomic E-state index is 11.6. The van der Waals surface area contributed by atoms with Crippen LogP contribution >= 0.6 is 0 Å². The van der Waals surface area contributed by atoms with Crippen molar-refractivity contribution < 1.29 is 17.9 Å². The highest BCUT2D eigenvalue weighted by molar-refractivity contribution is 7.89. The summed E-state index contributed by atoms with van der Waals surface area (Å²) in [5, 5.41) is 0. The van der Waals surface area contributed by atoms with Gasteiger partial charge in [0.1, 0.15) is 10.6 Å². The molecule has 0 spiro atoms. The van der Waals surface area contributed by atoms with Crippen LogP contribution in [0.4, 0.5) is 0 Å². The number of nitrogens with zero attached hydrogens (tertiary/aromatic N) is 1. The molecule has 7 heteroatoms. The van der Waals surface area contributed by atoms with Crippen LogP contribution in [-0.4, -0.2) is 26.1 Å². The molecule has 0 atom stereocenters. The molecule has 0 saturated carbocycles. The summed E-state index contributed by atoms with van der Waals surface area (Å²) >= 11 is 0. The van der Waals surface area contributed by atoms with Crippen molar-refractivity contribution >= 4 is 22.1 Å². The van der Waals surface area contributed by atoms with Gasteiger partial charge in [0.2, 0.25) is 0 Å². The van der Waals surface area contributed by atoms with E-state index in [1.165, 1.54) is 30.1 Å². The first-order chi connectivity index (χ1) is 7.47. The Morgan fingerprint density at radius 2 is 2.19 bits per heavy atom. The van der Waals surface area contributed by atoms with Crippen LogP contribution in [0.5, 0.6) is 0 Å². The number of sulfonamides is 1. The van der Waals surface area contributed by atoms with Gasteiger partial charge in [-0.15, -0.1) is 0 Å². The molecule has 0 aromatic carbocycles. The number of carbonyl (C=O) groups is 1. The molecule has 0 fully saturated rings. The maximum Gasteiger partial charge on any atom is 0.355 e. The van der Waals surface area contributed by atoms with E-state index in [1.807, 2.05) is 0 Å². The molecule has 0 saturated heterocycles. The number of rotatable bonds is 1. The Balaban J connectivity index is 2.73. The van der Waals surface area contributed by atoms with Gasteiger partial charge >= 0.3 is 5.97 Å². The fourth-order valence-corrected chi connectivity index (χ4v) is 2.74. The molecule has 1 aliphatic rings. The second kappa shape index (κ2) is 3.38. The lowest BCUT2D eigenvalue weighted by Crippen LogP contribution is -2.21. The number of esters is 1. The van der Waals surface area contributed by atoms with Gasteiger partial charge in [-0.3, -0.25) is 4.72 Å². The first kappa shape index (κ1) is 10.7. The van der Waals surface area contributed by atoms with Gasteiger partial charge in [0.25, 0.3) is 10.0 Å². The highest BCUT2D eigenvalue weighted by atomic mass is 32.2. The van der Waals surface area contributed by atoms with E-state index in [2.05, 4.69) is 9.46 Å². The van der Waals surface area contributed by atoms with E-state index in [0.29, 0.717) is 5.56 Å². The lowest BCUT2D eigenvalue weighted by molar-refractivity contribution is 0.0589. The molecular weight excluding hydrogens is 232 g/mol. The minimum Gasteiger partial charge on any atom is -0.464 e. The molecule has 2 heterocycles. The molecule has 16 heavy (non-hydrogen) atoms. The summed E-state index contributed by atoms with van der Waals surface area (Å²) in [7, 11) is -0.709. The highest BCUT2D eigenvalue weighted by Crippen LogP contribution is 2.26. The van der Waals surface area contributed by atoms with Crippen LogP contribution in [0.15, 0.2) is 17.3 Å². The van der Waals surface area contributed by atoms with Crippen LogP contribution in [0, 0.1) is 0 Å². The lowest BCUT2D eigenvalue weighted by Gasteiger charge is -2.08. The molecule has 1 aliphatic heterocycles. The van der Waals surface area contributed by atoms with E-state index in [9.17, 15) is 13.2 Å². The second-order valence-electron chi connectivity index (χ2n) is 3.31. The SMILES string of the molecule is COC(=O)c1c2c(cn1C)S(=O)(=O)NC=C2. The summed E-state index contributed by atoms with van der Waals surface area (Å²) < 4.78 is 31.5. The fraction of sp³-hybridized carbons (Fsp3) is 0.222. The monoisotopic (exact) mass is 242 g/mol. The lowest BCUT2D eigenvalue weighted by atomic mass is 10.2. The first-order valence-electron chi connectivity index (χ1n) is 4.44. The Labute approximate surface area is 92.6 Å². The van der Waals surface area contributed by atoms with Gasteiger partial charge in [-0.05, 0) is 6.08 Å². The summed E-state index contributed by atoms with van der Waals surface area (Å²) in [6.07, 6.45) is 4.19. The second-order valence-corrected chi connectivity index (χ2v) is 5.00. The maximum atomic E-state index is 11.6. The van der Waals surface area contributed by atoms with Crippen LogP contribution in [0.3, 0.4) is 0 Å². The molecule has 1 N–H and O–H groups in total. The van der Waals surface area contributed by atoms with Gasteiger partial charge in [0.15, 0.2) is 0 Å². The summed E-state index contributed by atoms with van der Waals surface area (Å²) in [5.74, 6) is -0.564. The number of methoxy groups -OCH3 is 1. The topological polar surface area (TPSA) is 77.4 Å². The zero-order valence-electron chi connectivity index (χ0n) is 8.72. The minimum atomic E-state index is -3.55. The van der Waals surface area contributed by atoms with Crippen molar-refractivity contribution in [2.24, 2.45) is 7.05 Å². The summed E-state index contributed by atoms with van der Waals surface area (Å²) in [6.45, 7) is 0. The van der Waals surface area contributed by atoms with Crippen molar-refractivity contribution in [3.05, 3.63) is 23.7 Å². The standard InChI is InChI=1S/C9H10N2O4S/c1-11-5-7-6(8(11)9(12)15-2)3-4-10-16(7,13)14/h3-5,10H,1-2H3. The number of hydrogen-bond acceptors (Lipinski definition) is 4. The van der Waals surface area contributed by atoms with E-state index in [4.69, 9.17) is 0 Å². The number of carbonyl (C=O) groups excluding carboxylic acids is 1. The number of ether oxygens (including phenoxy) is 1. The van der Waals surface area contributed by atoms with Crippen molar-refractivity contribution in [2.75, 3.05) is 7.11 Å². The molecule has 0 aliphatic carbocycles. The Morgan fingerprint density at radius 3 is 2.81 bits per heavy atom. The van der Waals surface area contributed by atoms with Gasteiger partial charge in [-0.1, -0.05) is 0 Å². The predicted octanol–water partition coefficient (Wildman–Crippen LogP) is 0.0743. The van der Waals surface area contributed by atoms with Crippen molar-refractivity contribution in [2.45, 2.75) is 4.90 Å². The Hall–Kier alpha value is -1.76. The van der Waals surface area contributed by atoms with E-state index < -0.39 is 16.0 Å². The molecule has 1 aromatic heterocycles. The molecule has 6 nitrogen and oxygen atoms in total. The average molecular weight is 242 g/mol. The van der Waals surface area contributed by atoms with Crippen molar-refractivity contribution in [3.63, 3.8) is 0 Å². The Bertz CT molecular complexity index is 583. The molecule has 2 rings (SSSR count).